The van der Waals surface area contributed by atoms with E-state index < -0.39 is 0 Å². The number of nitrogens with two attached hydrogens (primary N) is 1. The first-order chi connectivity index (χ1) is 6.77. The summed E-state index contributed by atoms with van der Waals surface area (Å²) in [5.41, 5.74) is 7.00. The second kappa shape index (κ2) is 3.46. The fourth-order valence-corrected chi connectivity index (χ4v) is 2.06. The van der Waals surface area contributed by atoms with Gasteiger partial charge < -0.3 is 10.8 Å². The zero-order valence-corrected chi connectivity index (χ0v) is 8.11. The number of hydrogen-bond donors (Lipinski definition) is 2. The summed E-state index contributed by atoms with van der Waals surface area (Å²) >= 11 is 0. The van der Waals surface area contributed by atoms with Crippen LogP contribution in [0.2, 0.25) is 0 Å². The SMILES string of the molecule is NCC1(c2cccc(O)c2)CC=CC1. The van der Waals surface area contributed by atoms with Crippen LogP contribution in [0.3, 0.4) is 0 Å². The number of allylic oxidation sites excluding steroid dienone is 2. The quantitative estimate of drug-likeness (QED) is 0.698. The van der Waals surface area contributed by atoms with Crippen LogP contribution in [-0.2, 0) is 5.41 Å². The fraction of sp³-hybridized carbons (Fsp3) is 0.333. The molecular weight excluding hydrogens is 174 g/mol. The Bertz CT molecular complexity index is 349. The summed E-state index contributed by atoms with van der Waals surface area (Å²) in [6.45, 7) is 0.628. The molecule has 0 spiro atoms. The van der Waals surface area contributed by atoms with E-state index in [1.807, 2.05) is 18.2 Å². The molecule has 2 heteroatoms. The molecule has 0 saturated heterocycles. The van der Waals surface area contributed by atoms with Crippen molar-refractivity contribution in [3.63, 3.8) is 0 Å². The lowest BCUT2D eigenvalue weighted by Crippen LogP contribution is -2.32. The molecule has 0 aliphatic heterocycles. The van der Waals surface area contributed by atoms with E-state index >= 15 is 0 Å². The van der Waals surface area contributed by atoms with Gasteiger partial charge in [0.1, 0.15) is 5.75 Å². The Labute approximate surface area is 84.1 Å². The normalized spacial score (nSPS) is 18.6. The van der Waals surface area contributed by atoms with Crippen LogP contribution in [0.25, 0.3) is 0 Å². The highest BCUT2D eigenvalue weighted by molar-refractivity contribution is 5.36. The van der Waals surface area contributed by atoms with Gasteiger partial charge >= 0.3 is 0 Å². The highest BCUT2D eigenvalue weighted by atomic mass is 16.3. The third-order valence-corrected chi connectivity index (χ3v) is 3.03. The van der Waals surface area contributed by atoms with Crippen molar-refractivity contribution in [2.45, 2.75) is 18.3 Å². The first-order valence-electron chi connectivity index (χ1n) is 4.91. The Kier molecular flexibility index (Phi) is 2.30. The lowest BCUT2D eigenvalue weighted by atomic mass is 9.78. The Balaban J connectivity index is 2.37. The van der Waals surface area contributed by atoms with Crippen molar-refractivity contribution in [2.24, 2.45) is 5.73 Å². The molecule has 0 aromatic heterocycles. The fourth-order valence-electron chi connectivity index (χ4n) is 2.06. The zero-order chi connectivity index (χ0) is 10.0. The molecule has 0 atom stereocenters. The van der Waals surface area contributed by atoms with Crippen molar-refractivity contribution in [3.8, 4) is 5.75 Å². The van der Waals surface area contributed by atoms with Gasteiger partial charge in [-0.25, -0.2) is 0 Å². The molecule has 0 heterocycles. The molecule has 0 radical (unpaired) electrons. The van der Waals surface area contributed by atoms with Gasteiger partial charge in [0, 0.05) is 12.0 Å². The van der Waals surface area contributed by atoms with Crippen LogP contribution in [-0.4, -0.2) is 11.7 Å². The van der Waals surface area contributed by atoms with Crippen molar-refractivity contribution in [3.05, 3.63) is 42.0 Å². The van der Waals surface area contributed by atoms with E-state index in [1.54, 1.807) is 6.07 Å². The minimum atomic E-state index is 0.0265. The lowest BCUT2D eigenvalue weighted by Gasteiger charge is -2.27. The maximum Gasteiger partial charge on any atom is 0.115 e. The molecule has 1 aromatic rings. The number of aromatic hydroxyl groups is 1. The molecule has 0 saturated carbocycles. The van der Waals surface area contributed by atoms with E-state index in [9.17, 15) is 5.11 Å². The largest absolute Gasteiger partial charge is 0.508 e. The van der Waals surface area contributed by atoms with Crippen molar-refractivity contribution in [2.75, 3.05) is 6.54 Å². The molecule has 1 aromatic carbocycles. The Morgan fingerprint density at radius 3 is 2.57 bits per heavy atom. The Hall–Kier alpha value is -1.28. The second-order valence-electron chi connectivity index (χ2n) is 3.91. The van der Waals surface area contributed by atoms with Crippen LogP contribution in [0.15, 0.2) is 36.4 Å². The maximum absolute atomic E-state index is 9.42. The standard InChI is InChI=1S/C12H15NO/c13-9-12(6-1-2-7-12)10-4-3-5-11(14)8-10/h1-5,8,14H,6-7,9,13H2. The molecule has 0 bridgehead atoms. The average Bonchev–Trinajstić information content (AvgIpc) is 2.67. The molecule has 74 valence electrons. The Morgan fingerprint density at radius 1 is 1.29 bits per heavy atom. The highest BCUT2D eigenvalue weighted by Crippen LogP contribution is 2.37. The van der Waals surface area contributed by atoms with E-state index in [2.05, 4.69) is 12.2 Å². The summed E-state index contributed by atoms with van der Waals surface area (Å²) < 4.78 is 0. The van der Waals surface area contributed by atoms with Gasteiger partial charge in [-0.05, 0) is 30.5 Å². The van der Waals surface area contributed by atoms with Gasteiger partial charge in [0.25, 0.3) is 0 Å². The molecular formula is C12H15NO. The number of hydrogen-bond acceptors (Lipinski definition) is 2. The molecule has 0 amide bonds. The minimum absolute atomic E-state index is 0.0265. The van der Waals surface area contributed by atoms with Crippen molar-refractivity contribution < 1.29 is 5.11 Å². The van der Waals surface area contributed by atoms with Gasteiger partial charge in [-0.1, -0.05) is 24.3 Å². The van der Waals surface area contributed by atoms with Crippen LogP contribution >= 0.6 is 0 Å². The van der Waals surface area contributed by atoms with E-state index in [1.165, 1.54) is 0 Å². The number of rotatable bonds is 2. The molecule has 0 fully saturated rings. The van der Waals surface area contributed by atoms with Crippen LogP contribution in [0, 0.1) is 0 Å². The molecule has 0 unspecified atom stereocenters. The van der Waals surface area contributed by atoms with Crippen LogP contribution in [0.5, 0.6) is 5.75 Å². The monoisotopic (exact) mass is 189 g/mol. The second-order valence-corrected chi connectivity index (χ2v) is 3.91. The summed E-state index contributed by atoms with van der Waals surface area (Å²) in [6, 6.07) is 7.43. The van der Waals surface area contributed by atoms with Crippen molar-refractivity contribution in [1.29, 1.82) is 0 Å². The van der Waals surface area contributed by atoms with Gasteiger partial charge in [0.05, 0.1) is 0 Å². The highest BCUT2D eigenvalue weighted by Gasteiger charge is 2.31. The number of phenolic OH excluding ortho intramolecular Hbond substituents is 1. The maximum atomic E-state index is 9.42. The molecule has 2 rings (SSSR count). The topological polar surface area (TPSA) is 46.2 Å². The van der Waals surface area contributed by atoms with Crippen LogP contribution in [0.4, 0.5) is 0 Å². The van der Waals surface area contributed by atoms with Gasteiger partial charge in [-0.15, -0.1) is 0 Å². The zero-order valence-electron chi connectivity index (χ0n) is 8.11. The summed E-state index contributed by atoms with van der Waals surface area (Å²) in [5.74, 6) is 0.322. The first kappa shape index (κ1) is 9.28. The predicted molar refractivity (Wildman–Crippen MR) is 57.2 cm³/mol. The minimum Gasteiger partial charge on any atom is -0.508 e. The molecule has 14 heavy (non-hydrogen) atoms. The van der Waals surface area contributed by atoms with Gasteiger partial charge in [-0.3, -0.25) is 0 Å². The van der Waals surface area contributed by atoms with Gasteiger partial charge in [0.15, 0.2) is 0 Å². The first-order valence-corrected chi connectivity index (χ1v) is 4.91. The molecule has 3 N–H and O–H groups in total. The van der Waals surface area contributed by atoms with Gasteiger partial charge in [0.2, 0.25) is 0 Å². The van der Waals surface area contributed by atoms with Gasteiger partial charge in [-0.2, -0.15) is 0 Å². The van der Waals surface area contributed by atoms with E-state index in [-0.39, 0.29) is 5.41 Å². The average molecular weight is 189 g/mol. The van der Waals surface area contributed by atoms with Crippen LogP contribution in [0.1, 0.15) is 18.4 Å². The number of phenols is 1. The predicted octanol–water partition coefficient (Wildman–Crippen LogP) is 1.94. The summed E-state index contributed by atoms with van der Waals surface area (Å²) in [5, 5.41) is 9.42. The van der Waals surface area contributed by atoms with Crippen molar-refractivity contribution in [1.82, 2.24) is 0 Å². The van der Waals surface area contributed by atoms with Crippen LogP contribution < -0.4 is 5.73 Å². The summed E-state index contributed by atoms with van der Waals surface area (Å²) in [4.78, 5) is 0. The third kappa shape index (κ3) is 1.42. The molecule has 1 aliphatic rings. The Morgan fingerprint density at radius 2 is 2.00 bits per heavy atom. The molecule has 2 nitrogen and oxygen atoms in total. The lowest BCUT2D eigenvalue weighted by molar-refractivity contribution is 0.452. The van der Waals surface area contributed by atoms with E-state index in [0.717, 1.165) is 18.4 Å². The van der Waals surface area contributed by atoms with Crippen molar-refractivity contribution >= 4 is 0 Å². The summed E-state index contributed by atoms with van der Waals surface area (Å²) in [7, 11) is 0. The van der Waals surface area contributed by atoms with E-state index in [0.29, 0.717) is 12.3 Å². The molecule has 1 aliphatic carbocycles. The smallest absolute Gasteiger partial charge is 0.115 e. The third-order valence-electron chi connectivity index (χ3n) is 3.03. The van der Waals surface area contributed by atoms with E-state index in [4.69, 9.17) is 5.73 Å². The summed E-state index contributed by atoms with van der Waals surface area (Å²) in [6.07, 6.45) is 6.29. The number of benzene rings is 1.